The van der Waals surface area contributed by atoms with E-state index in [4.69, 9.17) is 10.5 Å². The summed E-state index contributed by atoms with van der Waals surface area (Å²) in [7, 11) is 0. The number of nitrogens with two attached hydrogens (primary N) is 1. The van der Waals surface area contributed by atoms with E-state index in [0.29, 0.717) is 12.3 Å². The van der Waals surface area contributed by atoms with Crippen molar-refractivity contribution in [1.29, 1.82) is 0 Å². The van der Waals surface area contributed by atoms with Crippen molar-refractivity contribution in [2.45, 2.75) is 46.3 Å². The molecule has 0 rings (SSSR count). The van der Waals surface area contributed by atoms with Gasteiger partial charge in [0.2, 0.25) is 0 Å². The molecule has 0 amide bonds. The first-order valence-electron chi connectivity index (χ1n) is 4.45. The average molecular weight is 173 g/mol. The summed E-state index contributed by atoms with van der Waals surface area (Å²) in [4.78, 5) is 11.1. The van der Waals surface area contributed by atoms with Crippen LogP contribution in [0.15, 0.2) is 0 Å². The zero-order chi connectivity index (χ0) is 9.72. The minimum absolute atomic E-state index is 0.0462. The number of ether oxygens (including phenoxy) is 1. The Labute approximate surface area is 74.3 Å². The molecule has 0 aliphatic carbocycles. The predicted octanol–water partition coefficient (Wildman–Crippen LogP) is 1.31. The number of hydrogen-bond acceptors (Lipinski definition) is 3. The van der Waals surface area contributed by atoms with Gasteiger partial charge in [-0.15, -0.1) is 0 Å². The molecule has 0 radical (unpaired) electrons. The topological polar surface area (TPSA) is 52.3 Å². The highest BCUT2D eigenvalue weighted by Gasteiger charge is 2.17. The summed E-state index contributed by atoms with van der Waals surface area (Å²) in [5.41, 5.74) is 5.49. The molecular formula is C9H19NO2. The van der Waals surface area contributed by atoms with Crippen LogP contribution in [0, 0.1) is 5.92 Å². The summed E-state index contributed by atoms with van der Waals surface area (Å²) >= 11 is 0. The lowest BCUT2D eigenvalue weighted by Crippen LogP contribution is -2.34. The van der Waals surface area contributed by atoms with Crippen molar-refractivity contribution in [2.75, 3.05) is 0 Å². The monoisotopic (exact) mass is 173 g/mol. The normalized spacial score (nSPS) is 15.8. The lowest BCUT2D eigenvalue weighted by molar-refractivity contribution is -0.151. The molecule has 0 fully saturated rings. The van der Waals surface area contributed by atoms with Gasteiger partial charge >= 0.3 is 5.97 Å². The van der Waals surface area contributed by atoms with Crippen molar-refractivity contribution in [1.82, 2.24) is 0 Å². The molecule has 72 valence electrons. The second-order valence-corrected chi connectivity index (χ2v) is 3.40. The molecule has 0 aromatic heterocycles. The Morgan fingerprint density at radius 3 is 2.25 bits per heavy atom. The van der Waals surface area contributed by atoms with E-state index in [-0.39, 0.29) is 12.1 Å². The number of esters is 1. The molecule has 12 heavy (non-hydrogen) atoms. The fraction of sp³-hybridized carbons (Fsp3) is 0.889. The maximum atomic E-state index is 11.1. The van der Waals surface area contributed by atoms with Crippen LogP contribution in [-0.2, 0) is 9.53 Å². The van der Waals surface area contributed by atoms with Gasteiger partial charge in [-0.25, -0.2) is 0 Å². The highest BCUT2D eigenvalue weighted by atomic mass is 16.5. The Kier molecular flexibility index (Phi) is 4.90. The van der Waals surface area contributed by atoms with Crippen LogP contribution in [0.5, 0.6) is 0 Å². The van der Waals surface area contributed by atoms with E-state index in [1.165, 1.54) is 0 Å². The maximum absolute atomic E-state index is 11.1. The van der Waals surface area contributed by atoms with Gasteiger partial charge in [0.25, 0.3) is 0 Å². The fourth-order valence-electron chi connectivity index (χ4n) is 0.573. The molecule has 3 heteroatoms. The standard InChI is InChI=1S/C9H19NO2/c1-5-8(10)9(11)12-7(4)6(2)3/h6-8H,5,10H2,1-4H3/t7?,8-/m0/s1. The Morgan fingerprint density at radius 1 is 1.42 bits per heavy atom. The molecule has 0 saturated heterocycles. The van der Waals surface area contributed by atoms with Crippen molar-refractivity contribution >= 4 is 5.97 Å². The fourth-order valence-corrected chi connectivity index (χ4v) is 0.573. The van der Waals surface area contributed by atoms with Gasteiger partial charge in [0.1, 0.15) is 12.1 Å². The van der Waals surface area contributed by atoms with Crippen LogP contribution in [0.4, 0.5) is 0 Å². The minimum Gasteiger partial charge on any atom is -0.461 e. The molecule has 2 N–H and O–H groups in total. The summed E-state index contributed by atoms with van der Waals surface area (Å²) in [5.74, 6) is 0.0525. The number of hydrogen-bond donors (Lipinski definition) is 1. The molecule has 0 aromatic rings. The van der Waals surface area contributed by atoms with Gasteiger partial charge in [0, 0.05) is 0 Å². The van der Waals surface area contributed by atoms with Gasteiger partial charge < -0.3 is 10.5 Å². The Balaban J connectivity index is 3.84. The molecule has 3 nitrogen and oxygen atoms in total. The van der Waals surface area contributed by atoms with Gasteiger partial charge in [0.15, 0.2) is 0 Å². The second kappa shape index (κ2) is 5.14. The van der Waals surface area contributed by atoms with Crippen LogP contribution in [0.2, 0.25) is 0 Å². The van der Waals surface area contributed by atoms with E-state index in [1.54, 1.807) is 0 Å². The molecule has 0 saturated carbocycles. The van der Waals surface area contributed by atoms with Crippen LogP contribution >= 0.6 is 0 Å². The quantitative estimate of drug-likeness (QED) is 0.652. The van der Waals surface area contributed by atoms with Gasteiger partial charge in [-0.2, -0.15) is 0 Å². The number of carbonyl (C=O) groups is 1. The Morgan fingerprint density at radius 2 is 1.92 bits per heavy atom. The van der Waals surface area contributed by atoms with Crippen LogP contribution < -0.4 is 5.73 Å². The smallest absolute Gasteiger partial charge is 0.323 e. The summed E-state index contributed by atoms with van der Waals surface area (Å²) in [5, 5.41) is 0. The first-order valence-corrected chi connectivity index (χ1v) is 4.45. The van der Waals surface area contributed by atoms with E-state index in [0.717, 1.165) is 0 Å². The van der Waals surface area contributed by atoms with Crippen molar-refractivity contribution in [3.05, 3.63) is 0 Å². The van der Waals surface area contributed by atoms with Crippen LogP contribution in [-0.4, -0.2) is 18.1 Å². The van der Waals surface area contributed by atoms with Crippen LogP contribution in [0.25, 0.3) is 0 Å². The van der Waals surface area contributed by atoms with E-state index in [1.807, 2.05) is 27.7 Å². The van der Waals surface area contributed by atoms with E-state index < -0.39 is 6.04 Å². The highest BCUT2D eigenvalue weighted by molar-refractivity contribution is 5.75. The molecule has 2 atom stereocenters. The zero-order valence-corrected chi connectivity index (χ0v) is 8.33. The lowest BCUT2D eigenvalue weighted by atomic mass is 10.1. The predicted molar refractivity (Wildman–Crippen MR) is 48.7 cm³/mol. The Bertz CT molecular complexity index is 145. The third-order valence-electron chi connectivity index (χ3n) is 1.98. The average Bonchev–Trinajstić information content (AvgIpc) is 2.02. The largest absolute Gasteiger partial charge is 0.461 e. The Hall–Kier alpha value is -0.570. The second-order valence-electron chi connectivity index (χ2n) is 3.40. The number of carbonyl (C=O) groups excluding carboxylic acids is 1. The molecule has 0 spiro atoms. The molecule has 0 heterocycles. The van der Waals surface area contributed by atoms with Crippen molar-refractivity contribution in [3.8, 4) is 0 Å². The zero-order valence-electron chi connectivity index (χ0n) is 8.33. The van der Waals surface area contributed by atoms with Crippen molar-refractivity contribution in [3.63, 3.8) is 0 Å². The van der Waals surface area contributed by atoms with Gasteiger partial charge in [-0.3, -0.25) is 4.79 Å². The summed E-state index contributed by atoms with van der Waals surface area (Å²) < 4.78 is 5.10. The van der Waals surface area contributed by atoms with Gasteiger partial charge in [0.05, 0.1) is 0 Å². The molecule has 0 aliphatic rings. The molecule has 0 bridgehead atoms. The van der Waals surface area contributed by atoms with Crippen molar-refractivity contribution < 1.29 is 9.53 Å². The highest BCUT2D eigenvalue weighted by Crippen LogP contribution is 2.06. The van der Waals surface area contributed by atoms with Crippen molar-refractivity contribution in [2.24, 2.45) is 11.7 Å². The minimum atomic E-state index is -0.466. The van der Waals surface area contributed by atoms with E-state index in [9.17, 15) is 4.79 Å². The molecular weight excluding hydrogens is 154 g/mol. The molecule has 1 unspecified atom stereocenters. The lowest BCUT2D eigenvalue weighted by Gasteiger charge is -2.18. The van der Waals surface area contributed by atoms with Crippen LogP contribution in [0.1, 0.15) is 34.1 Å². The van der Waals surface area contributed by atoms with Crippen LogP contribution in [0.3, 0.4) is 0 Å². The van der Waals surface area contributed by atoms with Gasteiger partial charge in [-0.05, 0) is 19.3 Å². The number of rotatable bonds is 4. The third kappa shape index (κ3) is 3.72. The first-order chi connectivity index (χ1) is 5.49. The van der Waals surface area contributed by atoms with Gasteiger partial charge in [-0.1, -0.05) is 20.8 Å². The maximum Gasteiger partial charge on any atom is 0.323 e. The molecule has 0 aromatic carbocycles. The third-order valence-corrected chi connectivity index (χ3v) is 1.98. The SMILES string of the molecule is CC[C@H](N)C(=O)OC(C)C(C)C. The van der Waals surface area contributed by atoms with E-state index >= 15 is 0 Å². The summed E-state index contributed by atoms with van der Waals surface area (Å²) in [6, 6.07) is -0.466. The first kappa shape index (κ1) is 11.4. The summed E-state index contributed by atoms with van der Waals surface area (Å²) in [6.45, 7) is 7.77. The van der Waals surface area contributed by atoms with E-state index in [2.05, 4.69) is 0 Å². The summed E-state index contributed by atoms with van der Waals surface area (Å²) in [6.07, 6.45) is 0.582. The molecule has 0 aliphatic heterocycles.